The number of carbonyl (C=O) groups excluding carboxylic acids is 1. The zero-order chi connectivity index (χ0) is 18.3. The summed E-state index contributed by atoms with van der Waals surface area (Å²) in [6.07, 6.45) is 3.16. The lowest BCUT2D eigenvalue weighted by Crippen LogP contribution is -2.31. The van der Waals surface area contributed by atoms with E-state index in [0.717, 1.165) is 46.1 Å². The third-order valence-electron chi connectivity index (χ3n) is 5.65. The Morgan fingerprint density at radius 1 is 1.19 bits per heavy atom. The van der Waals surface area contributed by atoms with Crippen molar-refractivity contribution < 1.29 is 4.79 Å². The third kappa shape index (κ3) is 3.36. The number of anilines is 1. The van der Waals surface area contributed by atoms with Gasteiger partial charge in [0, 0.05) is 34.2 Å². The molecule has 0 bridgehead atoms. The number of carbonyl (C=O) groups is 1. The van der Waals surface area contributed by atoms with Gasteiger partial charge in [0.15, 0.2) is 0 Å². The summed E-state index contributed by atoms with van der Waals surface area (Å²) >= 11 is 12.7. The van der Waals surface area contributed by atoms with Crippen LogP contribution < -0.4 is 10.6 Å². The fraction of sp³-hybridized carbons (Fsp3) is 0.381. The lowest BCUT2D eigenvalue weighted by molar-refractivity contribution is -0.120. The summed E-state index contributed by atoms with van der Waals surface area (Å²) in [7, 11) is 0. The van der Waals surface area contributed by atoms with Gasteiger partial charge in [-0.15, -0.1) is 0 Å². The predicted octanol–water partition coefficient (Wildman–Crippen LogP) is 5.68. The van der Waals surface area contributed by atoms with Crippen LogP contribution in [0.4, 0.5) is 5.69 Å². The van der Waals surface area contributed by atoms with Crippen molar-refractivity contribution in [2.45, 2.75) is 44.7 Å². The summed E-state index contributed by atoms with van der Waals surface area (Å²) in [4.78, 5) is 12.4. The normalized spacial score (nSPS) is 22.5. The van der Waals surface area contributed by atoms with Crippen molar-refractivity contribution in [1.82, 2.24) is 5.32 Å². The smallest absolute Gasteiger partial charge is 0.228 e. The van der Waals surface area contributed by atoms with Crippen LogP contribution in [0.1, 0.15) is 54.8 Å². The summed E-state index contributed by atoms with van der Waals surface area (Å²) in [6.45, 7) is 2.79. The molecule has 0 aromatic heterocycles. The van der Waals surface area contributed by atoms with Crippen molar-refractivity contribution in [2.75, 3.05) is 5.32 Å². The van der Waals surface area contributed by atoms with Crippen LogP contribution in [0.2, 0.25) is 10.0 Å². The summed E-state index contributed by atoms with van der Waals surface area (Å²) in [5.41, 5.74) is 4.25. The van der Waals surface area contributed by atoms with Crippen LogP contribution in [0.5, 0.6) is 0 Å². The standard InChI is InChI=1S/C21H22Cl2N2O/c1-12(24-11-13-4-2-5-14(22)8-13)17-10-20-18(9-19(17)23)15-6-3-7-16(15)21(26)25-20/h2,4-5,8-10,12,15-16,24H,3,6-7,11H2,1H3,(H,25,26). The molecule has 1 aliphatic heterocycles. The maximum atomic E-state index is 12.4. The molecule has 3 unspecified atom stereocenters. The summed E-state index contributed by atoms with van der Waals surface area (Å²) < 4.78 is 0. The average Bonchev–Trinajstić information content (AvgIpc) is 3.11. The number of hydrogen-bond donors (Lipinski definition) is 2. The number of halogens is 2. The van der Waals surface area contributed by atoms with Crippen molar-refractivity contribution in [2.24, 2.45) is 5.92 Å². The second-order valence-electron chi connectivity index (χ2n) is 7.33. The second kappa shape index (κ2) is 7.22. The lowest BCUT2D eigenvalue weighted by Gasteiger charge is -2.30. The van der Waals surface area contributed by atoms with E-state index < -0.39 is 0 Å². The molecule has 3 atom stereocenters. The molecule has 2 aromatic rings. The van der Waals surface area contributed by atoms with E-state index in [1.807, 2.05) is 30.3 Å². The summed E-state index contributed by atoms with van der Waals surface area (Å²) in [5.74, 6) is 0.593. The van der Waals surface area contributed by atoms with Gasteiger partial charge in [0.25, 0.3) is 0 Å². The van der Waals surface area contributed by atoms with Crippen LogP contribution in [-0.4, -0.2) is 5.91 Å². The Labute approximate surface area is 164 Å². The van der Waals surface area contributed by atoms with Crippen molar-refractivity contribution in [1.29, 1.82) is 0 Å². The van der Waals surface area contributed by atoms with E-state index in [4.69, 9.17) is 23.2 Å². The van der Waals surface area contributed by atoms with E-state index in [-0.39, 0.29) is 17.9 Å². The molecule has 2 aliphatic rings. The van der Waals surface area contributed by atoms with Gasteiger partial charge in [-0.25, -0.2) is 0 Å². The van der Waals surface area contributed by atoms with Crippen LogP contribution in [0.15, 0.2) is 36.4 Å². The molecule has 1 fully saturated rings. The number of benzene rings is 2. The van der Waals surface area contributed by atoms with Gasteiger partial charge in [-0.2, -0.15) is 0 Å². The lowest BCUT2D eigenvalue weighted by atomic mass is 9.83. The fourth-order valence-corrected chi connectivity index (χ4v) is 4.80. The van der Waals surface area contributed by atoms with E-state index in [1.165, 1.54) is 5.56 Å². The minimum absolute atomic E-state index is 0.0602. The van der Waals surface area contributed by atoms with Gasteiger partial charge in [0.1, 0.15) is 0 Å². The van der Waals surface area contributed by atoms with Gasteiger partial charge in [0.2, 0.25) is 5.91 Å². The topological polar surface area (TPSA) is 41.1 Å². The van der Waals surface area contributed by atoms with Gasteiger partial charge in [-0.05, 0) is 66.6 Å². The molecule has 0 radical (unpaired) electrons. The molecule has 0 spiro atoms. The van der Waals surface area contributed by atoms with Crippen LogP contribution in [0.3, 0.4) is 0 Å². The quantitative estimate of drug-likeness (QED) is 0.706. The van der Waals surface area contributed by atoms with E-state index in [9.17, 15) is 4.79 Å². The number of amides is 1. The molecule has 2 aromatic carbocycles. The van der Waals surface area contributed by atoms with Gasteiger partial charge >= 0.3 is 0 Å². The van der Waals surface area contributed by atoms with Crippen LogP contribution in [-0.2, 0) is 11.3 Å². The monoisotopic (exact) mass is 388 g/mol. The zero-order valence-electron chi connectivity index (χ0n) is 14.7. The first kappa shape index (κ1) is 17.8. The Bertz CT molecular complexity index is 852. The van der Waals surface area contributed by atoms with Crippen LogP contribution in [0, 0.1) is 5.92 Å². The van der Waals surface area contributed by atoms with Gasteiger partial charge < -0.3 is 10.6 Å². The first-order valence-electron chi connectivity index (χ1n) is 9.15. The fourth-order valence-electron chi connectivity index (χ4n) is 4.25. The molecule has 1 saturated carbocycles. The molecule has 2 N–H and O–H groups in total. The minimum atomic E-state index is 0.0602. The molecule has 1 aliphatic carbocycles. The molecule has 3 nitrogen and oxygen atoms in total. The minimum Gasteiger partial charge on any atom is -0.326 e. The van der Waals surface area contributed by atoms with Gasteiger partial charge in [-0.1, -0.05) is 41.8 Å². The van der Waals surface area contributed by atoms with Gasteiger partial charge in [0.05, 0.1) is 0 Å². The van der Waals surface area contributed by atoms with Crippen LogP contribution >= 0.6 is 23.2 Å². The van der Waals surface area contributed by atoms with E-state index in [0.29, 0.717) is 12.5 Å². The Kier molecular flexibility index (Phi) is 4.96. The number of hydrogen-bond acceptors (Lipinski definition) is 2. The van der Waals surface area contributed by atoms with Crippen LogP contribution in [0.25, 0.3) is 0 Å². The van der Waals surface area contributed by atoms with Crippen molar-refractivity contribution >= 4 is 34.8 Å². The molecule has 1 amide bonds. The third-order valence-corrected chi connectivity index (χ3v) is 6.21. The van der Waals surface area contributed by atoms with Crippen molar-refractivity contribution in [3.05, 3.63) is 63.1 Å². The zero-order valence-corrected chi connectivity index (χ0v) is 16.2. The highest BCUT2D eigenvalue weighted by Gasteiger charge is 2.39. The Morgan fingerprint density at radius 3 is 2.81 bits per heavy atom. The second-order valence-corrected chi connectivity index (χ2v) is 8.17. The molecule has 1 heterocycles. The molecular weight excluding hydrogens is 367 g/mol. The highest BCUT2D eigenvalue weighted by atomic mass is 35.5. The Morgan fingerprint density at radius 2 is 2.00 bits per heavy atom. The van der Waals surface area contributed by atoms with E-state index in [1.54, 1.807) is 0 Å². The number of nitrogens with one attached hydrogen (secondary N) is 2. The SMILES string of the molecule is CC(NCc1cccc(Cl)c1)c1cc2c(cc1Cl)C1CCCC1C(=O)N2. The molecular formula is C21H22Cl2N2O. The summed E-state index contributed by atoms with van der Waals surface area (Å²) in [6, 6.07) is 12.0. The molecule has 26 heavy (non-hydrogen) atoms. The van der Waals surface area contributed by atoms with E-state index >= 15 is 0 Å². The summed E-state index contributed by atoms with van der Waals surface area (Å²) in [5, 5.41) is 8.08. The average molecular weight is 389 g/mol. The predicted molar refractivity (Wildman–Crippen MR) is 107 cm³/mol. The maximum Gasteiger partial charge on any atom is 0.228 e. The number of fused-ring (bicyclic) bond motifs is 3. The molecule has 4 rings (SSSR count). The highest BCUT2D eigenvalue weighted by Crippen LogP contribution is 2.47. The molecule has 5 heteroatoms. The van der Waals surface area contributed by atoms with Crippen molar-refractivity contribution in [3.8, 4) is 0 Å². The first-order valence-corrected chi connectivity index (χ1v) is 9.90. The van der Waals surface area contributed by atoms with Gasteiger partial charge in [-0.3, -0.25) is 4.79 Å². The maximum absolute atomic E-state index is 12.4. The Hall–Kier alpha value is -1.55. The van der Waals surface area contributed by atoms with Crippen molar-refractivity contribution in [3.63, 3.8) is 0 Å². The highest BCUT2D eigenvalue weighted by molar-refractivity contribution is 6.31. The Balaban J connectivity index is 1.55. The molecule has 0 saturated heterocycles. The largest absolute Gasteiger partial charge is 0.326 e. The van der Waals surface area contributed by atoms with E-state index in [2.05, 4.69) is 23.6 Å². The molecule has 136 valence electrons. The first-order chi connectivity index (χ1) is 12.5. The number of rotatable bonds is 4.